The number of rotatable bonds is 4. The molecule has 1 rings (SSSR count). The molecule has 0 spiro atoms. The van der Waals surface area contributed by atoms with Crippen molar-refractivity contribution in [2.45, 2.75) is 0 Å². The molecule has 1 aromatic carbocycles. The second kappa shape index (κ2) is 6.85. The Hall–Kier alpha value is -1.62. The zero-order valence-electron chi connectivity index (χ0n) is 9.27. The molecule has 0 heterocycles. The number of benzene rings is 1. The summed E-state index contributed by atoms with van der Waals surface area (Å²) in [6.45, 7) is -0.127. The minimum atomic E-state index is -0.478. The first-order valence-electron chi connectivity index (χ1n) is 4.90. The van der Waals surface area contributed by atoms with E-state index in [1.807, 2.05) is 24.3 Å². The highest BCUT2D eigenvalue weighted by Gasteiger charge is 2.01. The van der Waals surface area contributed by atoms with Gasteiger partial charge in [-0.05, 0) is 23.8 Å². The molecule has 0 aliphatic heterocycles. The molecular formula is C12H12BrNO3. The molecular weight excluding hydrogens is 286 g/mol. The Bertz CT molecular complexity index is 443. The quantitative estimate of drug-likeness (QED) is 0.680. The third-order valence-corrected chi connectivity index (χ3v) is 2.40. The molecule has 0 atom stereocenters. The fraction of sp³-hybridized carbons (Fsp3) is 0.167. The molecule has 5 heteroatoms. The van der Waals surface area contributed by atoms with Crippen molar-refractivity contribution in [3.8, 4) is 0 Å². The largest absolute Gasteiger partial charge is 0.468 e. The lowest BCUT2D eigenvalue weighted by molar-refractivity contribution is -0.140. The first-order valence-corrected chi connectivity index (χ1v) is 5.69. The Balaban J connectivity index is 2.48. The summed E-state index contributed by atoms with van der Waals surface area (Å²) in [4.78, 5) is 22.1. The van der Waals surface area contributed by atoms with Gasteiger partial charge in [-0.15, -0.1) is 0 Å². The maximum Gasteiger partial charge on any atom is 0.325 e. The van der Waals surface area contributed by atoms with Crippen molar-refractivity contribution in [3.63, 3.8) is 0 Å². The lowest BCUT2D eigenvalue weighted by Gasteiger charge is -1.99. The van der Waals surface area contributed by atoms with Crippen LogP contribution in [0, 0.1) is 0 Å². The van der Waals surface area contributed by atoms with Crippen LogP contribution in [0.2, 0.25) is 0 Å². The lowest BCUT2D eigenvalue weighted by Crippen LogP contribution is -2.28. The molecule has 1 N–H and O–H groups in total. The van der Waals surface area contributed by atoms with Crippen LogP contribution in [0.25, 0.3) is 6.08 Å². The van der Waals surface area contributed by atoms with Crippen molar-refractivity contribution in [1.29, 1.82) is 0 Å². The molecule has 0 saturated heterocycles. The van der Waals surface area contributed by atoms with Crippen LogP contribution in [0.15, 0.2) is 34.8 Å². The highest BCUT2D eigenvalue weighted by atomic mass is 79.9. The molecule has 0 aliphatic rings. The second-order valence-corrected chi connectivity index (χ2v) is 4.10. The van der Waals surface area contributed by atoms with Gasteiger partial charge in [-0.2, -0.15) is 0 Å². The Morgan fingerprint density at radius 2 is 2.24 bits per heavy atom. The molecule has 0 aliphatic carbocycles. The number of carbonyl (C=O) groups is 2. The lowest BCUT2D eigenvalue weighted by atomic mass is 10.2. The number of amides is 1. The molecule has 0 fully saturated rings. The Morgan fingerprint density at radius 3 is 2.88 bits per heavy atom. The Labute approximate surface area is 108 Å². The summed E-state index contributed by atoms with van der Waals surface area (Å²) in [6.07, 6.45) is 3.03. The van der Waals surface area contributed by atoms with Crippen LogP contribution >= 0.6 is 15.9 Å². The molecule has 0 aromatic heterocycles. The van der Waals surface area contributed by atoms with Gasteiger partial charge < -0.3 is 10.1 Å². The van der Waals surface area contributed by atoms with Crippen molar-refractivity contribution >= 4 is 33.9 Å². The van der Waals surface area contributed by atoms with Gasteiger partial charge in [-0.25, -0.2) is 0 Å². The van der Waals surface area contributed by atoms with E-state index in [1.54, 1.807) is 6.08 Å². The number of nitrogens with one attached hydrogen (secondary N) is 1. The number of ether oxygens (including phenoxy) is 1. The van der Waals surface area contributed by atoms with Crippen LogP contribution in [0.1, 0.15) is 5.56 Å². The average molecular weight is 298 g/mol. The maximum absolute atomic E-state index is 11.3. The summed E-state index contributed by atoms with van der Waals surface area (Å²) in [5.41, 5.74) is 0.896. The smallest absolute Gasteiger partial charge is 0.325 e. The summed E-state index contributed by atoms with van der Waals surface area (Å²) < 4.78 is 5.33. The zero-order chi connectivity index (χ0) is 12.7. The topological polar surface area (TPSA) is 55.4 Å². The first kappa shape index (κ1) is 13.4. The standard InChI is InChI=1S/C12H12BrNO3/c1-17-12(16)8-14-11(15)6-5-9-3-2-4-10(13)7-9/h2-7H,8H2,1H3,(H,14,15)/b6-5+. The van der Waals surface area contributed by atoms with E-state index in [2.05, 4.69) is 26.0 Å². The third kappa shape index (κ3) is 5.31. The maximum atomic E-state index is 11.3. The highest BCUT2D eigenvalue weighted by molar-refractivity contribution is 9.10. The fourth-order valence-electron chi connectivity index (χ4n) is 1.07. The summed E-state index contributed by atoms with van der Waals surface area (Å²) in [5, 5.41) is 2.41. The van der Waals surface area contributed by atoms with Crippen LogP contribution < -0.4 is 5.32 Å². The molecule has 90 valence electrons. The van der Waals surface area contributed by atoms with Crippen LogP contribution in [-0.2, 0) is 14.3 Å². The van der Waals surface area contributed by atoms with E-state index < -0.39 is 5.97 Å². The Morgan fingerprint density at radius 1 is 1.47 bits per heavy atom. The van der Waals surface area contributed by atoms with E-state index in [-0.39, 0.29) is 12.5 Å². The monoisotopic (exact) mass is 297 g/mol. The summed E-state index contributed by atoms with van der Waals surface area (Å²) in [7, 11) is 1.27. The molecule has 0 unspecified atom stereocenters. The van der Waals surface area contributed by atoms with Crippen molar-refractivity contribution < 1.29 is 14.3 Å². The van der Waals surface area contributed by atoms with Gasteiger partial charge in [0.15, 0.2) is 0 Å². The summed E-state index contributed by atoms with van der Waals surface area (Å²) >= 11 is 3.33. The fourth-order valence-corrected chi connectivity index (χ4v) is 1.49. The zero-order valence-corrected chi connectivity index (χ0v) is 10.9. The van der Waals surface area contributed by atoms with Crippen molar-refractivity contribution in [3.05, 3.63) is 40.4 Å². The van der Waals surface area contributed by atoms with Crippen LogP contribution in [-0.4, -0.2) is 25.5 Å². The van der Waals surface area contributed by atoms with E-state index in [0.29, 0.717) is 0 Å². The van der Waals surface area contributed by atoms with Crippen molar-refractivity contribution in [1.82, 2.24) is 5.32 Å². The number of carbonyl (C=O) groups excluding carboxylic acids is 2. The minimum absolute atomic E-state index is 0.127. The van der Waals surface area contributed by atoms with Gasteiger partial charge in [0, 0.05) is 10.5 Å². The molecule has 4 nitrogen and oxygen atoms in total. The normalized spacial score (nSPS) is 10.2. The van der Waals surface area contributed by atoms with Gasteiger partial charge >= 0.3 is 5.97 Å². The van der Waals surface area contributed by atoms with Gasteiger partial charge in [0.1, 0.15) is 6.54 Å². The SMILES string of the molecule is COC(=O)CNC(=O)/C=C/c1cccc(Br)c1. The predicted octanol–water partition coefficient (Wildman–Crippen LogP) is 1.75. The molecule has 0 saturated carbocycles. The van der Waals surface area contributed by atoms with Crippen LogP contribution in [0.3, 0.4) is 0 Å². The molecule has 1 aromatic rings. The van der Waals surface area contributed by atoms with Crippen LogP contribution in [0.5, 0.6) is 0 Å². The Kier molecular flexibility index (Phi) is 5.42. The number of halogens is 1. The highest BCUT2D eigenvalue weighted by Crippen LogP contribution is 2.12. The minimum Gasteiger partial charge on any atom is -0.468 e. The van der Waals surface area contributed by atoms with Gasteiger partial charge in [-0.3, -0.25) is 9.59 Å². The number of methoxy groups -OCH3 is 1. The van der Waals surface area contributed by atoms with Crippen molar-refractivity contribution in [2.24, 2.45) is 0 Å². The third-order valence-electron chi connectivity index (χ3n) is 1.91. The molecule has 1 amide bonds. The molecule has 0 radical (unpaired) electrons. The average Bonchev–Trinajstić information content (AvgIpc) is 2.33. The van der Waals surface area contributed by atoms with Crippen LogP contribution in [0.4, 0.5) is 0 Å². The van der Waals surface area contributed by atoms with Crippen molar-refractivity contribution in [2.75, 3.05) is 13.7 Å². The van der Waals surface area contributed by atoms with Gasteiger partial charge in [0.05, 0.1) is 7.11 Å². The van der Waals surface area contributed by atoms with E-state index in [0.717, 1.165) is 10.0 Å². The van der Waals surface area contributed by atoms with Gasteiger partial charge in [0.2, 0.25) is 5.91 Å². The number of hydrogen-bond acceptors (Lipinski definition) is 3. The first-order chi connectivity index (χ1) is 8.11. The van der Waals surface area contributed by atoms with E-state index >= 15 is 0 Å². The molecule has 0 bridgehead atoms. The second-order valence-electron chi connectivity index (χ2n) is 3.18. The van der Waals surface area contributed by atoms with Gasteiger partial charge in [0.25, 0.3) is 0 Å². The predicted molar refractivity (Wildman–Crippen MR) is 68.2 cm³/mol. The number of esters is 1. The summed E-state index contributed by atoms with van der Waals surface area (Å²) in [6, 6.07) is 7.52. The van der Waals surface area contributed by atoms with E-state index in [4.69, 9.17) is 0 Å². The van der Waals surface area contributed by atoms with Gasteiger partial charge in [-0.1, -0.05) is 28.1 Å². The van der Waals surface area contributed by atoms with E-state index in [9.17, 15) is 9.59 Å². The summed E-state index contributed by atoms with van der Waals surface area (Å²) in [5.74, 6) is -0.815. The number of hydrogen-bond donors (Lipinski definition) is 1. The van der Waals surface area contributed by atoms with E-state index in [1.165, 1.54) is 13.2 Å². The molecule has 17 heavy (non-hydrogen) atoms.